The van der Waals surface area contributed by atoms with Crippen LogP contribution in [0.3, 0.4) is 0 Å². The number of carbonyl (C=O) groups excluding carboxylic acids is 1. The summed E-state index contributed by atoms with van der Waals surface area (Å²) in [6.07, 6.45) is 1.05. The minimum Gasteiger partial charge on any atom is -0.493 e. The number of rotatable bonds is 6. The fraction of sp³-hybridized carbons (Fsp3) is 0.533. The van der Waals surface area contributed by atoms with Crippen LogP contribution in [0.15, 0.2) is 30.3 Å². The predicted octanol–water partition coefficient (Wildman–Crippen LogP) is 1.38. The van der Waals surface area contributed by atoms with Gasteiger partial charge in [0.1, 0.15) is 11.9 Å². The van der Waals surface area contributed by atoms with Crippen LogP contribution in [0.4, 0.5) is 0 Å². The summed E-state index contributed by atoms with van der Waals surface area (Å²) in [7, 11) is 1.64. The molecule has 1 fully saturated rings. The van der Waals surface area contributed by atoms with Gasteiger partial charge in [-0.15, -0.1) is 0 Å². The monoisotopic (exact) mass is 279 g/mol. The summed E-state index contributed by atoms with van der Waals surface area (Å²) < 4.78 is 16.1. The van der Waals surface area contributed by atoms with Gasteiger partial charge in [0.05, 0.1) is 25.7 Å². The second-order valence-corrected chi connectivity index (χ2v) is 4.72. The molecule has 2 atom stereocenters. The summed E-state index contributed by atoms with van der Waals surface area (Å²) in [5.74, 6) is 0.760. The molecule has 1 amide bonds. The summed E-state index contributed by atoms with van der Waals surface area (Å²) in [6, 6.07) is 9.50. The highest BCUT2D eigenvalue weighted by Gasteiger charge is 2.26. The molecule has 1 aromatic rings. The molecule has 0 unspecified atom stereocenters. The Morgan fingerprint density at radius 2 is 2.20 bits per heavy atom. The van der Waals surface area contributed by atoms with Gasteiger partial charge in [0, 0.05) is 13.7 Å². The van der Waals surface area contributed by atoms with Crippen molar-refractivity contribution < 1.29 is 19.0 Å². The van der Waals surface area contributed by atoms with Gasteiger partial charge >= 0.3 is 0 Å². The van der Waals surface area contributed by atoms with Gasteiger partial charge in [-0.3, -0.25) is 4.79 Å². The molecule has 110 valence electrons. The second kappa shape index (κ2) is 7.87. The maximum atomic E-state index is 11.9. The Balaban J connectivity index is 1.69. The van der Waals surface area contributed by atoms with Crippen LogP contribution in [0.5, 0.6) is 5.75 Å². The molecule has 1 N–H and O–H groups in total. The van der Waals surface area contributed by atoms with E-state index in [0.717, 1.165) is 12.2 Å². The maximum Gasteiger partial charge on any atom is 0.223 e. The first kappa shape index (κ1) is 14.8. The number of ether oxygens (including phenoxy) is 3. The topological polar surface area (TPSA) is 56.8 Å². The van der Waals surface area contributed by atoms with Crippen LogP contribution < -0.4 is 10.1 Å². The van der Waals surface area contributed by atoms with Gasteiger partial charge in [-0.2, -0.15) is 0 Å². The zero-order chi connectivity index (χ0) is 14.2. The number of benzene rings is 1. The van der Waals surface area contributed by atoms with Crippen molar-refractivity contribution in [1.82, 2.24) is 5.32 Å². The number of carbonyl (C=O) groups is 1. The summed E-state index contributed by atoms with van der Waals surface area (Å²) in [5, 5.41) is 2.98. The van der Waals surface area contributed by atoms with Crippen molar-refractivity contribution in [2.75, 3.05) is 26.9 Å². The van der Waals surface area contributed by atoms with E-state index in [-0.39, 0.29) is 18.1 Å². The van der Waals surface area contributed by atoms with Crippen molar-refractivity contribution in [1.29, 1.82) is 0 Å². The van der Waals surface area contributed by atoms with E-state index in [1.54, 1.807) is 7.11 Å². The molecule has 0 aliphatic carbocycles. The van der Waals surface area contributed by atoms with Crippen LogP contribution in [0, 0.1) is 0 Å². The third kappa shape index (κ3) is 4.51. The Labute approximate surface area is 119 Å². The van der Waals surface area contributed by atoms with Crippen LogP contribution in [0.2, 0.25) is 0 Å². The standard InChI is InChI=1S/C15H21NO4/c1-18-14-11-19-9-7-13(14)16-15(17)8-10-20-12-5-3-2-4-6-12/h2-6,13-14H,7-11H2,1H3,(H,16,17)/t13-,14-/m1/s1. The molecule has 20 heavy (non-hydrogen) atoms. The third-order valence-electron chi connectivity index (χ3n) is 3.29. The lowest BCUT2D eigenvalue weighted by molar-refractivity contribution is -0.125. The quantitative estimate of drug-likeness (QED) is 0.854. The number of amides is 1. The van der Waals surface area contributed by atoms with Gasteiger partial charge in [-0.05, 0) is 18.6 Å². The molecule has 0 radical (unpaired) electrons. The first-order valence-corrected chi connectivity index (χ1v) is 6.87. The van der Waals surface area contributed by atoms with Crippen LogP contribution in [-0.2, 0) is 14.3 Å². The highest BCUT2D eigenvalue weighted by Crippen LogP contribution is 2.11. The second-order valence-electron chi connectivity index (χ2n) is 4.72. The van der Waals surface area contributed by atoms with Gasteiger partial charge in [-0.25, -0.2) is 0 Å². The first-order valence-electron chi connectivity index (χ1n) is 6.87. The zero-order valence-electron chi connectivity index (χ0n) is 11.7. The highest BCUT2D eigenvalue weighted by atomic mass is 16.5. The Kier molecular flexibility index (Phi) is 5.83. The Morgan fingerprint density at radius 1 is 1.40 bits per heavy atom. The number of methoxy groups -OCH3 is 1. The largest absolute Gasteiger partial charge is 0.493 e. The van der Waals surface area contributed by atoms with Gasteiger partial charge in [0.15, 0.2) is 0 Å². The van der Waals surface area contributed by atoms with E-state index in [2.05, 4.69) is 5.32 Å². The van der Waals surface area contributed by atoms with Gasteiger partial charge in [0.25, 0.3) is 0 Å². The molecule has 0 aromatic heterocycles. The molecule has 0 bridgehead atoms. The predicted molar refractivity (Wildman–Crippen MR) is 74.7 cm³/mol. The van der Waals surface area contributed by atoms with Crippen LogP contribution in [0.1, 0.15) is 12.8 Å². The van der Waals surface area contributed by atoms with E-state index in [4.69, 9.17) is 14.2 Å². The van der Waals surface area contributed by atoms with E-state index < -0.39 is 0 Å². The van der Waals surface area contributed by atoms with Crippen molar-refractivity contribution >= 4 is 5.91 Å². The fourth-order valence-electron chi connectivity index (χ4n) is 2.17. The van der Waals surface area contributed by atoms with Crippen LogP contribution in [0.25, 0.3) is 0 Å². The number of para-hydroxylation sites is 1. The van der Waals surface area contributed by atoms with E-state index in [0.29, 0.717) is 26.2 Å². The van der Waals surface area contributed by atoms with E-state index in [1.807, 2.05) is 30.3 Å². The molecular formula is C15H21NO4. The molecule has 5 heteroatoms. The Bertz CT molecular complexity index is 410. The van der Waals surface area contributed by atoms with Gasteiger partial charge < -0.3 is 19.5 Å². The van der Waals surface area contributed by atoms with Crippen molar-refractivity contribution in [3.05, 3.63) is 30.3 Å². The molecule has 1 aliphatic rings. The third-order valence-corrected chi connectivity index (χ3v) is 3.29. The average Bonchev–Trinajstić information content (AvgIpc) is 2.49. The minimum atomic E-state index is -0.0669. The molecule has 5 nitrogen and oxygen atoms in total. The Hall–Kier alpha value is -1.59. The van der Waals surface area contributed by atoms with E-state index in [9.17, 15) is 4.79 Å². The molecule has 0 spiro atoms. The van der Waals surface area contributed by atoms with Crippen molar-refractivity contribution in [2.24, 2.45) is 0 Å². The summed E-state index contributed by atoms with van der Waals surface area (Å²) in [4.78, 5) is 11.9. The van der Waals surface area contributed by atoms with Crippen molar-refractivity contribution in [3.63, 3.8) is 0 Å². The lowest BCUT2D eigenvalue weighted by Crippen LogP contribution is -2.49. The highest BCUT2D eigenvalue weighted by molar-refractivity contribution is 5.76. The van der Waals surface area contributed by atoms with Gasteiger partial charge in [0.2, 0.25) is 5.91 Å². The number of nitrogens with one attached hydrogen (secondary N) is 1. The molecule has 1 aromatic carbocycles. The maximum absolute atomic E-state index is 11.9. The number of hydrogen-bond donors (Lipinski definition) is 1. The zero-order valence-corrected chi connectivity index (χ0v) is 11.7. The minimum absolute atomic E-state index is 0.0186. The fourth-order valence-corrected chi connectivity index (χ4v) is 2.17. The lowest BCUT2D eigenvalue weighted by Gasteiger charge is -2.31. The normalized spacial score (nSPS) is 22.2. The molecule has 1 aliphatic heterocycles. The van der Waals surface area contributed by atoms with Crippen molar-refractivity contribution in [2.45, 2.75) is 25.0 Å². The molecule has 1 saturated heterocycles. The van der Waals surface area contributed by atoms with E-state index in [1.165, 1.54) is 0 Å². The van der Waals surface area contributed by atoms with Crippen LogP contribution in [-0.4, -0.2) is 45.0 Å². The lowest BCUT2D eigenvalue weighted by atomic mass is 10.1. The number of hydrogen-bond acceptors (Lipinski definition) is 4. The SMILES string of the molecule is CO[C@@H]1COCC[C@H]1NC(=O)CCOc1ccccc1. The smallest absolute Gasteiger partial charge is 0.223 e. The molecule has 2 rings (SSSR count). The molecule has 0 saturated carbocycles. The van der Waals surface area contributed by atoms with Gasteiger partial charge in [-0.1, -0.05) is 18.2 Å². The summed E-state index contributed by atoms with van der Waals surface area (Å²) in [6.45, 7) is 1.56. The molecule has 1 heterocycles. The van der Waals surface area contributed by atoms with Crippen LogP contribution >= 0.6 is 0 Å². The average molecular weight is 279 g/mol. The summed E-state index contributed by atoms with van der Waals surface area (Å²) >= 11 is 0. The molecular weight excluding hydrogens is 258 g/mol. The first-order chi connectivity index (χ1) is 9.79. The summed E-state index contributed by atoms with van der Waals surface area (Å²) in [5.41, 5.74) is 0. The van der Waals surface area contributed by atoms with Crippen molar-refractivity contribution in [3.8, 4) is 5.75 Å². The van der Waals surface area contributed by atoms with E-state index >= 15 is 0 Å². The Morgan fingerprint density at radius 3 is 2.95 bits per heavy atom.